The molecule has 1 aliphatic rings. The molecule has 8 nitrogen and oxygen atoms in total. The van der Waals surface area contributed by atoms with Gasteiger partial charge in [0, 0.05) is 39.1 Å². The second-order valence-electron chi connectivity index (χ2n) is 7.18. The molecule has 0 aliphatic carbocycles. The van der Waals surface area contributed by atoms with Crippen LogP contribution in [-0.2, 0) is 19.1 Å². The van der Waals surface area contributed by atoms with E-state index in [1.807, 2.05) is 0 Å². The number of amidine groups is 1. The Morgan fingerprint density at radius 2 is 1.74 bits per heavy atom. The van der Waals surface area contributed by atoms with Gasteiger partial charge in [0.1, 0.15) is 0 Å². The predicted octanol–water partition coefficient (Wildman–Crippen LogP) is 4.83. The number of nitrogens with zero attached hydrogens (tertiary/aromatic N) is 2. The molecule has 0 bridgehead atoms. The van der Waals surface area contributed by atoms with Crippen molar-refractivity contribution in [3.8, 4) is 11.5 Å². The van der Waals surface area contributed by atoms with Gasteiger partial charge in [0.2, 0.25) is 0 Å². The molecule has 0 N–H and O–H groups in total. The normalized spacial score (nSPS) is 15.8. The van der Waals surface area contributed by atoms with E-state index in [1.165, 1.54) is 37.7 Å². The standard InChI is InChI=1S/C24H23ClN2O6S/c1-15(28)32-20-10-5-17(13-21(20)33-16(2)29)14-22-23(30)27(11-4-12-31-3)24(34-22)26-19-8-6-18(25)7-9-19/h5-10,13-14H,4,11-12H2,1-3H3/b22-14+,26-24?. The number of esters is 2. The SMILES string of the molecule is COCCCN1C(=O)/C(=C\c2ccc(OC(C)=O)c(OC(C)=O)c2)SC1=Nc1ccc(Cl)cc1. The quantitative estimate of drug-likeness (QED) is 0.221. The third kappa shape index (κ3) is 6.93. The first-order valence-corrected chi connectivity index (χ1v) is 11.5. The number of hydrogen-bond donors (Lipinski definition) is 0. The Balaban J connectivity index is 1.94. The Labute approximate surface area is 206 Å². The molecule has 1 amide bonds. The molecule has 0 unspecified atom stereocenters. The second-order valence-corrected chi connectivity index (χ2v) is 8.62. The minimum atomic E-state index is -0.564. The number of halogens is 1. The number of methoxy groups -OCH3 is 1. The van der Waals surface area contributed by atoms with Gasteiger partial charge in [0.05, 0.1) is 10.6 Å². The Bertz CT molecular complexity index is 1150. The van der Waals surface area contributed by atoms with E-state index in [1.54, 1.807) is 48.4 Å². The van der Waals surface area contributed by atoms with Gasteiger partial charge in [-0.1, -0.05) is 17.7 Å². The maximum absolute atomic E-state index is 13.2. The van der Waals surface area contributed by atoms with Crippen molar-refractivity contribution < 1.29 is 28.6 Å². The third-order valence-corrected chi connectivity index (χ3v) is 5.70. The molecule has 1 heterocycles. The van der Waals surface area contributed by atoms with Gasteiger partial charge in [-0.05, 0) is 66.2 Å². The van der Waals surface area contributed by atoms with Crippen molar-refractivity contribution >= 4 is 58.1 Å². The largest absolute Gasteiger partial charge is 0.423 e. The average Bonchev–Trinajstić information content (AvgIpc) is 3.05. The first-order valence-electron chi connectivity index (χ1n) is 10.3. The summed E-state index contributed by atoms with van der Waals surface area (Å²) in [5, 5.41) is 1.13. The summed E-state index contributed by atoms with van der Waals surface area (Å²) in [6.45, 7) is 3.44. The number of ether oxygens (including phenoxy) is 3. The van der Waals surface area contributed by atoms with Crippen LogP contribution in [0.5, 0.6) is 11.5 Å². The number of carbonyl (C=O) groups excluding carboxylic acids is 3. The zero-order chi connectivity index (χ0) is 24.7. The minimum absolute atomic E-state index is 0.0829. The number of thioether (sulfide) groups is 1. The predicted molar refractivity (Wildman–Crippen MR) is 131 cm³/mol. The number of amides is 1. The Morgan fingerprint density at radius 1 is 1.06 bits per heavy atom. The maximum atomic E-state index is 13.2. The fraction of sp³-hybridized carbons (Fsp3) is 0.250. The highest BCUT2D eigenvalue weighted by molar-refractivity contribution is 8.18. The van der Waals surface area contributed by atoms with Gasteiger partial charge in [-0.3, -0.25) is 19.3 Å². The van der Waals surface area contributed by atoms with Crippen molar-refractivity contribution in [1.82, 2.24) is 4.90 Å². The van der Waals surface area contributed by atoms with Crippen LogP contribution >= 0.6 is 23.4 Å². The van der Waals surface area contributed by atoms with Gasteiger partial charge in [-0.2, -0.15) is 0 Å². The van der Waals surface area contributed by atoms with Gasteiger partial charge >= 0.3 is 11.9 Å². The third-order valence-electron chi connectivity index (χ3n) is 4.44. The van der Waals surface area contributed by atoms with Gasteiger partial charge in [-0.25, -0.2) is 4.99 Å². The molecule has 10 heteroatoms. The van der Waals surface area contributed by atoms with E-state index in [-0.39, 0.29) is 17.4 Å². The number of benzene rings is 2. The van der Waals surface area contributed by atoms with Gasteiger partial charge in [-0.15, -0.1) is 0 Å². The number of rotatable bonds is 8. The van der Waals surface area contributed by atoms with Crippen LogP contribution in [0, 0.1) is 0 Å². The molecule has 0 atom stereocenters. The molecule has 3 rings (SSSR count). The van der Waals surface area contributed by atoms with Crippen molar-refractivity contribution in [1.29, 1.82) is 0 Å². The zero-order valence-electron chi connectivity index (χ0n) is 18.9. The molecule has 0 aromatic heterocycles. The zero-order valence-corrected chi connectivity index (χ0v) is 20.4. The van der Waals surface area contributed by atoms with E-state index in [9.17, 15) is 14.4 Å². The van der Waals surface area contributed by atoms with E-state index < -0.39 is 11.9 Å². The van der Waals surface area contributed by atoms with Gasteiger partial charge in [0.25, 0.3) is 5.91 Å². The summed E-state index contributed by atoms with van der Waals surface area (Å²) in [6, 6.07) is 11.7. The minimum Gasteiger partial charge on any atom is -0.423 e. The van der Waals surface area contributed by atoms with E-state index in [0.717, 1.165) is 0 Å². The van der Waals surface area contributed by atoms with Crippen LogP contribution in [-0.4, -0.2) is 48.2 Å². The van der Waals surface area contributed by atoms with Gasteiger partial charge < -0.3 is 14.2 Å². The molecular formula is C24H23ClN2O6S. The fourth-order valence-electron chi connectivity index (χ4n) is 3.02. The van der Waals surface area contributed by atoms with E-state index in [0.29, 0.717) is 45.9 Å². The average molecular weight is 503 g/mol. The van der Waals surface area contributed by atoms with Gasteiger partial charge in [0.15, 0.2) is 16.7 Å². The number of aliphatic imine (C=N–C) groups is 1. The molecule has 0 saturated carbocycles. The van der Waals surface area contributed by atoms with E-state index in [4.69, 9.17) is 25.8 Å². The lowest BCUT2D eigenvalue weighted by Crippen LogP contribution is -2.30. The maximum Gasteiger partial charge on any atom is 0.308 e. The van der Waals surface area contributed by atoms with E-state index in [2.05, 4.69) is 4.99 Å². The molecule has 2 aromatic rings. The Morgan fingerprint density at radius 3 is 2.38 bits per heavy atom. The molecule has 1 aliphatic heterocycles. The summed E-state index contributed by atoms with van der Waals surface area (Å²) in [5.41, 5.74) is 1.26. The lowest BCUT2D eigenvalue weighted by atomic mass is 10.2. The van der Waals surface area contributed by atoms with Crippen LogP contribution in [0.2, 0.25) is 5.02 Å². The van der Waals surface area contributed by atoms with Crippen molar-refractivity contribution in [2.24, 2.45) is 4.99 Å². The van der Waals surface area contributed by atoms with Crippen LogP contribution in [0.15, 0.2) is 52.4 Å². The lowest BCUT2D eigenvalue weighted by Gasteiger charge is -2.15. The molecule has 1 saturated heterocycles. The van der Waals surface area contributed by atoms with Crippen molar-refractivity contribution in [3.05, 3.63) is 58.0 Å². The highest BCUT2D eigenvalue weighted by atomic mass is 35.5. The molecule has 2 aromatic carbocycles. The Hall–Kier alpha value is -3.14. The summed E-state index contributed by atoms with van der Waals surface area (Å²) in [4.78, 5) is 42.7. The second kappa shape index (κ2) is 11.8. The summed E-state index contributed by atoms with van der Waals surface area (Å²) < 4.78 is 15.4. The first kappa shape index (κ1) is 25.5. The van der Waals surface area contributed by atoms with Crippen LogP contribution in [0.25, 0.3) is 6.08 Å². The van der Waals surface area contributed by atoms with Crippen LogP contribution in [0.3, 0.4) is 0 Å². The van der Waals surface area contributed by atoms with Crippen LogP contribution in [0.4, 0.5) is 5.69 Å². The molecule has 0 spiro atoms. The fourth-order valence-corrected chi connectivity index (χ4v) is 4.17. The van der Waals surface area contributed by atoms with E-state index >= 15 is 0 Å². The summed E-state index contributed by atoms with van der Waals surface area (Å²) in [5.74, 6) is -1.12. The topological polar surface area (TPSA) is 94.5 Å². The summed E-state index contributed by atoms with van der Waals surface area (Å²) >= 11 is 7.20. The monoisotopic (exact) mass is 502 g/mol. The first-order chi connectivity index (χ1) is 16.3. The summed E-state index contributed by atoms with van der Waals surface area (Å²) in [7, 11) is 1.61. The summed E-state index contributed by atoms with van der Waals surface area (Å²) in [6.07, 6.45) is 2.31. The number of hydrogen-bond acceptors (Lipinski definition) is 8. The van der Waals surface area contributed by atoms with Crippen molar-refractivity contribution in [2.45, 2.75) is 20.3 Å². The number of carbonyl (C=O) groups is 3. The smallest absolute Gasteiger partial charge is 0.308 e. The molecule has 34 heavy (non-hydrogen) atoms. The molecule has 178 valence electrons. The van der Waals surface area contributed by atoms with Crippen molar-refractivity contribution in [3.63, 3.8) is 0 Å². The Kier molecular flexibility index (Phi) is 8.86. The van der Waals surface area contributed by atoms with Crippen LogP contribution < -0.4 is 9.47 Å². The molecule has 1 fully saturated rings. The van der Waals surface area contributed by atoms with Crippen molar-refractivity contribution in [2.75, 3.05) is 20.3 Å². The highest BCUT2D eigenvalue weighted by Gasteiger charge is 2.33. The molecule has 0 radical (unpaired) electrons. The van der Waals surface area contributed by atoms with Crippen LogP contribution in [0.1, 0.15) is 25.8 Å². The molecular weight excluding hydrogens is 480 g/mol. The lowest BCUT2D eigenvalue weighted by molar-refractivity contribution is -0.134. The highest BCUT2D eigenvalue weighted by Crippen LogP contribution is 2.36.